The van der Waals surface area contributed by atoms with Gasteiger partial charge in [-0.05, 0) is 38.5 Å². The lowest BCUT2D eigenvalue weighted by Gasteiger charge is -2.11. The second kappa shape index (κ2) is 20.2. The molecule has 26 heavy (non-hydrogen) atoms. The number of hydrogen-bond acceptors (Lipinski definition) is 4. The molecule has 0 saturated heterocycles. The Bertz CT molecular complexity index is 359. The maximum Gasteiger partial charge on any atom is 0.305 e. The molecule has 0 rings (SSSR count). The van der Waals surface area contributed by atoms with Crippen molar-refractivity contribution >= 4 is 5.97 Å². The topological polar surface area (TPSA) is 66.8 Å². The van der Waals surface area contributed by atoms with Gasteiger partial charge in [-0.25, -0.2) is 0 Å². The van der Waals surface area contributed by atoms with Gasteiger partial charge in [-0.3, -0.25) is 4.79 Å². The van der Waals surface area contributed by atoms with Gasteiger partial charge >= 0.3 is 5.97 Å². The van der Waals surface area contributed by atoms with E-state index in [9.17, 15) is 4.79 Å². The van der Waals surface area contributed by atoms with E-state index < -0.39 is 0 Å². The van der Waals surface area contributed by atoms with Crippen LogP contribution in [0.15, 0.2) is 24.3 Å². The molecule has 0 fully saturated rings. The largest absolute Gasteiger partial charge is 0.465 e. The van der Waals surface area contributed by atoms with Gasteiger partial charge in [0.25, 0.3) is 0 Å². The summed E-state index contributed by atoms with van der Waals surface area (Å²) in [5, 5.41) is 17.8. The first-order valence-electron chi connectivity index (χ1n) is 10.4. The Morgan fingerprint density at radius 3 is 2.04 bits per heavy atom. The number of ether oxygens (including phenoxy) is 1. The third-order valence-electron chi connectivity index (χ3n) is 4.33. The molecule has 4 nitrogen and oxygen atoms in total. The predicted molar refractivity (Wildman–Crippen MR) is 108 cm³/mol. The number of carbonyl (C=O) groups excluding carboxylic acids is 1. The van der Waals surface area contributed by atoms with Crippen LogP contribution in [0.3, 0.4) is 0 Å². The standard InChI is InChI=1S/C22H40O4/c1-2-3-4-5-6-7-8-9-10-11-12-13-14-15-16-17-22(25)26-20-21(18-23)19-24/h6-7,9-10,21,23-24H,2-5,8,11-20H2,1H3/b7-6-,10-9-. The summed E-state index contributed by atoms with van der Waals surface area (Å²) >= 11 is 0. The zero-order valence-electron chi connectivity index (χ0n) is 16.7. The van der Waals surface area contributed by atoms with Crippen LogP contribution in [0.2, 0.25) is 0 Å². The van der Waals surface area contributed by atoms with Crippen molar-refractivity contribution in [1.29, 1.82) is 0 Å². The van der Waals surface area contributed by atoms with Gasteiger partial charge in [0.05, 0.1) is 19.8 Å². The van der Waals surface area contributed by atoms with Crippen molar-refractivity contribution in [3.05, 3.63) is 24.3 Å². The lowest BCUT2D eigenvalue weighted by molar-refractivity contribution is -0.146. The van der Waals surface area contributed by atoms with Crippen LogP contribution in [0, 0.1) is 5.92 Å². The highest BCUT2D eigenvalue weighted by molar-refractivity contribution is 5.69. The normalized spacial score (nSPS) is 11.8. The van der Waals surface area contributed by atoms with E-state index in [0.29, 0.717) is 6.42 Å². The fourth-order valence-corrected chi connectivity index (χ4v) is 2.53. The molecule has 0 aromatic carbocycles. The molecule has 0 aliphatic rings. The van der Waals surface area contributed by atoms with Gasteiger partial charge in [0.2, 0.25) is 0 Å². The second-order valence-corrected chi connectivity index (χ2v) is 6.89. The lowest BCUT2D eigenvalue weighted by atomic mass is 10.1. The minimum Gasteiger partial charge on any atom is -0.465 e. The molecule has 0 aromatic heterocycles. The van der Waals surface area contributed by atoms with E-state index >= 15 is 0 Å². The summed E-state index contributed by atoms with van der Waals surface area (Å²) in [5.41, 5.74) is 0. The van der Waals surface area contributed by atoms with E-state index in [4.69, 9.17) is 14.9 Å². The van der Waals surface area contributed by atoms with Crippen LogP contribution in [0.1, 0.15) is 84.0 Å². The molecule has 0 amide bonds. The Hall–Kier alpha value is -1.13. The maximum atomic E-state index is 11.5. The van der Waals surface area contributed by atoms with Gasteiger partial charge in [-0.1, -0.05) is 63.3 Å². The molecule has 0 radical (unpaired) electrons. The lowest BCUT2D eigenvalue weighted by Crippen LogP contribution is -2.20. The first kappa shape index (κ1) is 24.9. The molecule has 2 N–H and O–H groups in total. The number of aliphatic hydroxyl groups is 2. The number of rotatable bonds is 18. The van der Waals surface area contributed by atoms with Crippen LogP contribution in [0.5, 0.6) is 0 Å². The summed E-state index contributed by atoms with van der Waals surface area (Å²) in [6.45, 7) is 2.02. The van der Waals surface area contributed by atoms with Crippen molar-refractivity contribution < 1.29 is 19.7 Å². The number of aliphatic hydroxyl groups excluding tert-OH is 2. The van der Waals surface area contributed by atoms with Gasteiger partial charge in [0.15, 0.2) is 0 Å². The maximum absolute atomic E-state index is 11.5. The Kier molecular flexibility index (Phi) is 19.3. The molecule has 0 aliphatic carbocycles. The van der Waals surface area contributed by atoms with Gasteiger partial charge in [0, 0.05) is 12.3 Å². The van der Waals surface area contributed by atoms with Crippen LogP contribution in [-0.2, 0) is 9.53 Å². The average molecular weight is 369 g/mol. The molecule has 0 saturated carbocycles. The summed E-state index contributed by atoms with van der Waals surface area (Å²) in [7, 11) is 0. The minimum atomic E-state index is -0.358. The van der Waals surface area contributed by atoms with E-state index in [1.54, 1.807) is 0 Å². The van der Waals surface area contributed by atoms with E-state index in [-0.39, 0.29) is 31.7 Å². The molecule has 152 valence electrons. The Morgan fingerprint density at radius 2 is 1.42 bits per heavy atom. The molecule has 0 aliphatic heterocycles. The van der Waals surface area contributed by atoms with Crippen LogP contribution >= 0.6 is 0 Å². The van der Waals surface area contributed by atoms with Crippen molar-refractivity contribution in [2.45, 2.75) is 84.0 Å². The Balaban J connectivity index is 3.35. The van der Waals surface area contributed by atoms with Gasteiger partial charge in [-0.15, -0.1) is 0 Å². The quantitative estimate of drug-likeness (QED) is 0.204. The number of esters is 1. The van der Waals surface area contributed by atoms with Crippen molar-refractivity contribution in [3.8, 4) is 0 Å². The van der Waals surface area contributed by atoms with Crippen LogP contribution in [0.25, 0.3) is 0 Å². The van der Waals surface area contributed by atoms with Crippen molar-refractivity contribution in [2.24, 2.45) is 5.92 Å². The molecule has 4 heteroatoms. The van der Waals surface area contributed by atoms with Crippen LogP contribution in [-0.4, -0.2) is 36.0 Å². The van der Waals surface area contributed by atoms with Crippen molar-refractivity contribution in [3.63, 3.8) is 0 Å². The Morgan fingerprint density at radius 1 is 0.846 bits per heavy atom. The van der Waals surface area contributed by atoms with E-state index in [2.05, 4.69) is 31.2 Å². The smallest absolute Gasteiger partial charge is 0.305 e. The van der Waals surface area contributed by atoms with Gasteiger partial charge < -0.3 is 14.9 Å². The highest BCUT2D eigenvalue weighted by Crippen LogP contribution is 2.09. The molecule has 0 unspecified atom stereocenters. The number of allylic oxidation sites excluding steroid dienone is 4. The van der Waals surface area contributed by atoms with E-state index in [1.165, 1.54) is 38.5 Å². The van der Waals surface area contributed by atoms with Crippen molar-refractivity contribution in [1.82, 2.24) is 0 Å². The number of unbranched alkanes of at least 4 members (excludes halogenated alkanes) is 8. The SMILES string of the molecule is CCCCC/C=C\C/C=C\CCCCCCCC(=O)OCC(CO)CO. The summed E-state index contributed by atoms with van der Waals surface area (Å²) in [4.78, 5) is 11.5. The highest BCUT2D eigenvalue weighted by Gasteiger charge is 2.09. The summed E-state index contributed by atoms with van der Waals surface area (Å²) in [6.07, 6.45) is 22.2. The monoisotopic (exact) mass is 368 g/mol. The molecule has 0 bridgehead atoms. The number of carbonyl (C=O) groups is 1. The summed E-state index contributed by atoms with van der Waals surface area (Å²) in [6, 6.07) is 0. The fraction of sp³-hybridized carbons (Fsp3) is 0.773. The second-order valence-electron chi connectivity index (χ2n) is 6.89. The zero-order chi connectivity index (χ0) is 19.3. The molecule has 0 atom stereocenters. The van der Waals surface area contributed by atoms with Gasteiger partial charge in [-0.2, -0.15) is 0 Å². The van der Waals surface area contributed by atoms with Gasteiger partial charge in [0.1, 0.15) is 0 Å². The highest BCUT2D eigenvalue weighted by atomic mass is 16.5. The Labute approximate surface area is 160 Å². The first-order valence-corrected chi connectivity index (χ1v) is 10.4. The minimum absolute atomic E-state index is 0.103. The summed E-state index contributed by atoms with van der Waals surface area (Å²) < 4.78 is 5.03. The molecular weight excluding hydrogens is 328 g/mol. The first-order chi connectivity index (χ1) is 12.7. The van der Waals surface area contributed by atoms with E-state index in [1.807, 2.05) is 0 Å². The van der Waals surface area contributed by atoms with Crippen LogP contribution in [0.4, 0.5) is 0 Å². The molecule has 0 aromatic rings. The number of hydrogen-bond donors (Lipinski definition) is 2. The molecule has 0 spiro atoms. The van der Waals surface area contributed by atoms with Crippen molar-refractivity contribution in [2.75, 3.05) is 19.8 Å². The zero-order valence-corrected chi connectivity index (χ0v) is 16.7. The fourth-order valence-electron chi connectivity index (χ4n) is 2.53. The van der Waals surface area contributed by atoms with E-state index in [0.717, 1.165) is 32.1 Å². The molecule has 0 heterocycles. The third-order valence-corrected chi connectivity index (χ3v) is 4.33. The molecular formula is C22H40O4. The predicted octanol–water partition coefficient (Wildman–Crippen LogP) is 4.94. The summed E-state index contributed by atoms with van der Waals surface area (Å²) in [5.74, 6) is -0.592. The third kappa shape index (κ3) is 17.7. The average Bonchev–Trinajstić information content (AvgIpc) is 2.65. The van der Waals surface area contributed by atoms with Crippen LogP contribution < -0.4 is 0 Å².